The average Bonchev–Trinajstić information content (AvgIpc) is 2.81. The van der Waals surface area contributed by atoms with Gasteiger partial charge in [-0.2, -0.15) is 13.2 Å². The molecule has 198 valence electrons. The number of hydrogen-bond donors (Lipinski definition) is 2. The number of aryl methyl sites for hydroxylation is 1. The van der Waals surface area contributed by atoms with Gasteiger partial charge in [-0.05, 0) is 51.5 Å². The second-order valence-electron chi connectivity index (χ2n) is 9.21. The number of morpholine rings is 1. The van der Waals surface area contributed by atoms with Gasteiger partial charge in [-0.1, -0.05) is 0 Å². The summed E-state index contributed by atoms with van der Waals surface area (Å²) in [6, 6.07) is 2.64. The highest BCUT2D eigenvalue weighted by Crippen LogP contribution is 2.38. The number of fused-ring (bicyclic) bond motifs is 1. The van der Waals surface area contributed by atoms with Gasteiger partial charge in [-0.25, -0.2) is 9.97 Å². The molecule has 1 saturated heterocycles. The number of benzene rings is 1. The van der Waals surface area contributed by atoms with E-state index in [0.717, 1.165) is 6.07 Å². The van der Waals surface area contributed by atoms with Gasteiger partial charge in [0.15, 0.2) is 11.6 Å². The highest BCUT2D eigenvalue weighted by molar-refractivity contribution is 5.95. The van der Waals surface area contributed by atoms with Gasteiger partial charge < -0.3 is 24.7 Å². The molecule has 2 N–H and O–H groups in total. The molecule has 0 radical (unpaired) electrons. The molecular formula is C25H28F3N5O4. The first-order valence-corrected chi connectivity index (χ1v) is 11.7. The first kappa shape index (κ1) is 26.4. The average molecular weight is 520 g/mol. The molecule has 1 amide bonds. The number of H-pyrrole nitrogens is 1. The van der Waals surface area contributed by atoms with Crippen molar-refractivity contribution in [2.24, 2.45) is 0 Å². The minimum absolute atomic E-state index is 0.0390. The molecule has 1 fully saturated rings. The van der Waals surface area contributed by atoms with E-state index in [1.165, 1.54) is 39.3 Å². The van der Waals surface area contributed by atoms with Gasteiger partial charge in [-0.15, -0.1) is 0 Å². The van der Waals surface area contributed by atoms with Crippen molar-refractivity contribution < 1.29 is 27.4 Å². The predicted octanol–water partition coefficient (Wildman–Crippen LogP) is 4.08. The minimum Gasteiger partial charge on any atom is -0.493 e. The molecule has 4 rings (SSSR count). The van der Waals surface area contributed by atoms with Gasteiger partial charge in [0.2, 0.25) is 0 Å². The summed E-state index contributed by atoms with van der Waals surface area (Å²) in [6.45, 7) is 7.64. The van der Waals surface area contributed by atoms with E-state index in [2.05, 4.69) is 20.3 Å². The van der Waals surface area contributed by atoms with Crippen LogP contribution in [0, 0.1) is 6.92 Å². The molecule has 12 heteroatoms. The van der Waals surface area contributed by atoms with Crippen molar-refractivity contribution in [1.29, 1.82) is 0 Å². The molecule has 0 aliphatic carbocycles. The fraction of sp³-hybridized carbons (Fsp3) is 0.440. The topological polar surface area (TPSA) is 109 Å². The van der Waals surface area contributed by atoms with E-state index >= 15 is 0 Å². The third kappa shape index (κ3) is 5.53. The van der Waals surface area contributed by atoms with Crippen molar-refractivity contribution in [3.8, 4) is 5.75 Å². The Bertz CT molecular complexity index is 1380. The Morgan fingerprint density at radius 3 is 2.54 bits per heavy atom. The number of ether oxygens (including phenoxy) is 2. The number of alkyl halides is 3. The summed E-state index contributed by atoms with van der Waals surface area (Å²) < 4.78 is 53.0. The van der Waals surface area contributed by atoms with Gasteiger partial charge in [0, 0.05) is 19.3 Å². The van der Waals surface area contributed by atoms with E-state index in [-0.39, 0.29) is 57.5 Å². The van der Waals surface area contributed by atoms with E-state index in [0.29, 0.717) is 13.1 Å². The van der Waals surface area contributed by atoms with E-state index < -0.39 is 23.3 Å². The number of carbonyl (C=O) groups is 1. The van der Waals surface area contributed by atoms with Gasteiger partial charge in [-0.3, -0.25) is 9.59 Å². The predicted molar refractivity (Wildman–Crippen MR) is 131 cm³/mol. The van der Waals surface area contributed by atoms with Crippen LogP contribution in [0.5, 0.6) is 5.75 Å². The summed E-state index contributed by atoms with van der Waals surface area (Å²) in [4.78, 5) is 37.9. The Kier molecular flexibility index (Phi) is 7.13. The van der Waals surface area contributed by atoms with Crippen LogP contribution in [-0.2, 0) is 10.9 Å². The van der Waals surface area contributed by atoms with Gasteiger partial charge in [0.05, 0.1) is 47.4 Å². The molecule has 3 aromatic rings. The number of pyridine rings is 1. The second kappa shape index (κ2) is 10.0. The number of nitrogens with zero attached hydrogens (tertiary/aromatic N) is 3. The lowest BCUT2D eigenvalue weighted by molar-refractivity contribution is -0.138. The largest absolute Gasteiger partial charge is 0.493 e. The van der Waals surface area contributed by atoms with Crippen LogP contribution < -0.4 is 15.6 Å². The van der Waals surface area contributed by atoms with Crippen LogP contribution in [0.15, 0.2) is 29.2 Å². The van der Waals surface area contributed by atoms with Gasteiger partial charge in [0.25, 0.3) is 11.5 Å². The lowest BCUT2D eigenvalue weighted by Crippen LogP contribution is -2.48. The minimum atomic E-state index is -4.68. The molecule has 37 heavy (non-hydrogen) atoms. The normalized spacial score (nSPS) is 19.1. The van der Waals surface area contributed by atoms with Crippen LogP contribution >= 0.6 is 0 Å². The number of aromatic nitrogens is 3. The summed E-state index contributed by atoms with van der Waals surface area (Å²) in [7, 11) is 1.38. The molecule has 0 saturated carbocycles. The van der Waals surface area contributed by atoms with Gasteiger partial charge >= 0.3 is 6.18 Å². The van der Waals surface area contributed by atoms with E-state index in [4.69, 9.17) is 9.47 Å². The molecule has 3 atom stereocenters. The Hall–Kier alpha value is -3.67. The molecule has 1 aliphatic heterocycles. The lowest BCUT2D eigenvalue weighted by Gasteiger charge is -2.35. The molecule has 1 aromatic carbocycles. The fourth-order valence-corrected chi connectivity index (χ4v) is 4.56. The number of carbonyl (C=O) groups excluding carboxylic acids is 1. The van der Waals surface area contributed by atoms with Crippen LogP contribution in [0.25, 0.3) is 10.9 Å². The zero-order valence-corrected chi connectivity index (χ0v) is 21.1. The number of aromatic amines is 1. The Morgan fingerprint density at radius 2 is 1.92 bits per heavy atom. The number of anilines is 1. The van der Waals surface area contributed by atoms with Crippen LogP contribution in [0.4, 0.5) is 19.0 Å². The third-order valence-corrected chi connectivity index (χ3v) is 6.15. The standard InChI is InChI=1S/C25H28F3N5O4/c1-12-10-33(11-13(2)37-12)24(35)16-6-21(36-5)22(29-9-16)30-14(3)17-7-18-20(8-19(17)25(26,27)28)31-15(4)32-23(18)34/h6-9,12-14H,10-11H2,1-5H3,(H,29,30)(H,31,32,34)/t12-,13+,14-/m0/s1. The van der Waals surface area contributed by atoms with Crippen molar-refractivity contribution in [2.75, 3.05) is 25.5 Å². The van der Waals surface area contributed by atoms with Crippen molar-refractivity contribution in [1.82, 2.24) is 19.9 Å². The molecule has 1 aliphatic rings. The smallest absolute Gasteiger partial charge is 0.416 e. The maximum absolute atomic E-state index is 14.0. The molecular weight excluding hydrogens is 491 g/mol. The second-order valence-corrected chi connectivity index (χ2v) is 9.21. The van der Waals surface area contributed by atoms with Crippen molar-refractivity contribution in [3.05, 3.63) is 57.3 Å². The zero-order valence-electron chi connectivity index (χ0n) is 21.1. The quantitative estimate of drug-likeness (QED) is 0.523. The first-order chi connectivity index (χ1) is 17.4. The number of amides is 1. The number of rotatable bonds is 5. The molecule has 0 spiro atoms. The Morgan fingerprint density at radius 1 is 1.24 bits per heavy atom. The summed E-state index contributed by atoms with van der Waals surface area (Å²) in [6.07, 6.45) is -3.55. The lowest BCUT2D eigenvalue weighted by atomic mass is 9.98. The van der Waals surface area contributed by atoms with E-state index in [1.54, 1.807) is 4.90 Å². The van der Waals surface area contributed by atoms with E-state index in [1.807, 2.05) is 13.8 Å². The molecule has 9 nitrogen and oxygen atoms in total. The number of methoxy groups -OCH3 is 1. The number of hydrogen-bond acceptors (Lipinski definition) is 7. The maximum atomic E-state index is 14.0. The van der Waals surface area contributed by atoms with Gasteiger partial charge in [0.1, 0.15) is 5.82 Å². The van der Waals surface area contributed by atoms with Crippen LogP contribution in [-0.4, -0.2) is 58.2 Å². The summed E-state index contributed by atoms with van der Waals surface area (Å²) in [5.41, 5.74) is -1.37. The highest BCUT2D eigenvalue weighted by atomic mass is 19.4. The first-order valence-electron chi connectivity index (χ1n) is 11.7. The number of nitrogens with one attached hydrogen (secondary N) is 2. The molecule has 0 bridgehead atoms. The Balaban J connectivity index is 1.66. The SMILES string of the molecule is COc1cc(C(=O)N2C[C@@H](C)O[C@@H](C)C2)cnc1N[C@@H](C)c1cc2c(=O)[nH]c(C)nc2cc1C(F)(F)F. The van der Waals surface area contributed by atoms with Crippen LogP contribution in [0.2, 0.25) is 0 Å². The van der Waals surface area contributed by atoms with Crippen LogP contribution in [0.3, 0.4) is 0 Å². The summed E-state index contributed by atoms with van der Waals surface area (Å²) in [5.74, 6) is 0.313. The summed E-state index contributed by atoms with van der Waals surface area (Å²) in [5, 5.41) is 2.97. The molecule has 2 aromatic heterocycles. The molecule has 0 unspecified atom stereocenters. The maximum Gasteiger partial charge on any atom is 0.416 e. The van der Waals surface area contributed by atoms with Crippen molar-refractivity contribution in [3.63, 3.8) is 0 Å². The van der Waals surface area contributed by atoms with Crippen molar-refractivity contribution >= 4 is 22.6 Å². The van der Waals surface area contributed by atoms with Crippen molar-refractivity contribution in [2.45, 2.75) is 52.1 Å². The van der Waals surface area contributed by atoms with Crippen LogP contribution in [0.1, 0.15) is 54.1 Å². The Labute approximate surface area is 211 Å². The number of halogens is 3. The summed E-state index contributed by atoms with van der Waals surface area (Å²) >= 11 is 0. The zero-order chi connectivity index (χ0) is 27.1. The van der Waals surface area contributed by atoms with E-state index in [9.17, 15) is 22.8 Å². The monoisotopic (exact) mass is 519 g/mol. The highest BCUT2D eigenvalue weighted by Gasteiger charge is 2.36. The third-order valence-electron chi connectivity index (χ3n) is 6.15. The fourth-order valence-electron chi connectivity index (χ4n) is 4.56. The molecule has 3 heterocycles.